The van der Waals surface area contributed by atoms with E-state index in [2.05, 4.69) is 20.3 Å². The zero-order valence-corrected chi connectivity index (χ0v) is 17.7. The molecule has 1 aliphatic rings. The maximum Gasteiger partial charge on any atom is 0.237 e. The number of benzene rings is 2. The highest BCUT2D eigenvalue weighted by Gasteiger charge is 2.37. The lowest BCUT2D eigenvalue weighted by Gasteiger charge is -2.23. The van der Waals surface area contributed by atoms with Crippen molar-refractivity contribution in [3.63, 3.8) is 0 Å². The number of nitrogens with zero attached hydrogens (tertiary/aromatic N) is 3. The molecule has 0 saturated carbocycles. The number of hydrogen-bond acceptors (Lipinski definition) is 6. The fourth-order valence-electron chi connectivity index (χ4n) is 3.64. The molecular weight excluding hydrogens is 422 g/mol. The van der Waals surface area contributed by atoms with Gasteiger partial charge in [0.1, 0.15) is 23.0 Å². The number of thioether (sulfide) groups is 1. The first kappa shape index (κ1) is 21.5. The summed E-state index contributed by atoms with van der Waals surface area (Å²) in [5.41, 5.74) is 1.74. The SMILES string of the molecule is Cc1nonc1CNC(=O)[C@@H]1C[C@@H](Sc2ccc(F)cc2)CN1Cc1ccccc1F. The van der Waals surface area contributed by atoms with E-state index in [1.54, 1.807) is 49.0 Å². The Balaban J connectivity index is 1.47. The van der Waals surface area contributed by atoms with Crippen molar-refractivity contribution in [1.82, 2.24) is 20.5 Å². The molecule has 1 N–H and O–H groups in total. The summed E-state index contributed by atoms with van der Waals surface area (Å²) in [6.45, 7) is 2.91. The number of halogens is 2. The summed E-state index contributed by atoms with van der Waals surface area (Å²) in [5, 5.41) is 10.5. The average Bonchev–Trinajstić information content (AvgIpc) is 3.35. The molecule has 9 heteroatoms. The van der Waals surface area contributed by atoms with Gasteiger partial charge in [0.25, 0.3) is 0 Å². The Morgan fingerprint density at radius 3 is 2.68 bits per heavy atom. The molecule has 1 aromatic heterocycles. The number of likely N-dealkylation sites (tertiary alicyclic amines) is 1. The van der Waals surface area contributed by atoms with Crippen molar-refractivity contribution in [3.8, 4) is 0 Å². The van der Waals surface area contributed by atoms with Crippen molar-refractivity contribution < 1.29 is 18.2 Å². The van der Waals surface area contributed by atoms with E-state index in [0.29, 0.717) is 36.5 Å². The standard InChI is InChI=1S/C22H22F2N4O2S/c1-14-20(27-30-26-14)11-25-22(29)21-10-18(31-17-8-6-16(23)7-9-17)13-28(21)12-15-4-2-3-5-19(15)24/h2-9,18,21H,10-13H2,1H3,(H,25,29)/t18-,21+/m1/s1. The van der Waals surface area contributed by atoms with Crippen molar-refractivity contribution in [2.24, 2.45) is 0 Å². The van der Waals surface area contributed by atoms with Gasteiger partial charge in [-0.25, -0.2) is 13.4 Å². The summed E-state index contributed by atoms with van der Waals surface area (Å²) >= 11 is 1.60. The van der Waals surface area contributed by atoms with E-state index < -0.39 is 6.04 Å². The summed E-state index contributed by atoms with van der Waals surface area (Å²) in [7, 11) is 0. The van der Waals surface area contributed by atoms with Gasteiger partial charge in [-0.05, 0) is 43.7 Å². The van der Waals surface area contributed by atoms with Crippen molar-refractivity contribution in [1.29, 1.82) is 0 Å². The highest BCUT2D eigenvalue weighted by atomic mass is 32.2. The molecule has 2 aromatic carbocycles. The van der Waals surface area contributed by atoms with E-state index in [4.69, 9.17) is 0 Å². The maximum absolute atomic E-state index is 14.2. The van der Waals surface area contributed by atoms with E-state index in [9.17, 15) is 13.6 Å². The molecule has 0 spiro atoms. The summed E-state index contributed by atoms with van der Waals surface area (Å²) in [6.07, 6.45) is 0.596. The topological polar surface area (TPSA) is 71.3 Å². The third-order valence-electron chi connectivity index (χ3n) is 5.29. The molecule has 1 fully saturated rings. The van der Waals surface area contributed by atoms with Crippen LogP contribution in [0.15, 0.2) is 58.1 Å². The van der Waals surface area contributed by atoms with Gasteiger partial charge >= 0.3 is 0 Å². The van der Waals surface area contributed by atoms with Crippen LogP contribution >= 0.6 is 11.8 Å². The molecule has 1 amide bonds. The number of aromatic nitrogens is 2. The molecule has 3 aromatic rings. The van der Waals surface area contributed by atoms with E-state index in [0.717, 1.165) is 4.90 Å². The Bertz CT molecular complexity index is 1040. The molecule has 6 nitrogen and oxygen atoms in total. The van der Waals surface area contributed by atoms with Crippen LogP contribution < -0.4 is 5.32 Å². The molecule has 0 unspecified atom stereocenters. The first-order valence-corrected chi connectivity index (χ1v) is 10.8. The molecule has 162 valence electrons. The third kappa shape index (κ3) is 5.29. The normalized spacial score (nSPS) is 18.9. The van der Waals surface area contributed by atoms with E-state index in [-0.39, 0.29) is 29.3 Å². The molecular formula is C22H22F2N4O2S. The van der Waals surface area contributed by atoms with Crippen LogP contribution in [0.2, 0.25) is 0 Å². The van der Waals surface area contributed by atoms with Gasteiger partial charge in [-0.15, -0.1) is 11.8 Å². The fourth-order valence-corrected chi connectivity index (χ4v) is 4.87. The van der Waals surface area contributed by atoms with Crippen LogP contribution in [0.3, 0.4) is 0 Å². The number of aryl methyl sites for hydroxylation is 1. The third-order valence-corrected chi connectivity index (χ3v) is 6.51. The Kier molecular flexibility index (Phi) is 6.62. The molecule has 31 heavy (non-hydrogen) atoms. The second-order valence-corrected chi connectivity index (χ2v) is 8.85. The number of carbonyl (C=O) groups excluding carboxylic acids is 1. The molecule has 0 aliphatic carbocycles. The first-order chi connectivity index (χ1) is 15.0. The summed E-state index contributed by atoms with van der Waals surface area (Å²) < 4.78 is 32.1. The number of amides is 1. The van der Waals surface area contributed by atoms with Gasteiger partial charge in [-0.3, -0.25) is 9.69 Å². The Labute approximate surface area is 183 Å². The van der Waals surface area contributed by atoms with Crippen LogP contribution in [-0.2, 0) is 17.9 Å². The zero-order valence-electron chi connectivity index (χ0n) is 16.9. The van der Waals surface area contributed by atoms with Crippen molar-refractivity contribution >= 4 is 17.7 Å². The van der Waals surface area contributed by atoms with Gasteiger partial charge in [0.05, 0.1) is 12.6 Å². The van der Waals surface area contributed by atoms with Gasteiger partial charge < -0.3 is 5.32 Å². The van der Waals surface area contributed by atoms with Gasteiger partial charge in [-0.2, -0.15) is 0 Å². The summed E-state index contributed by atoms with van der Waals surface area (Å²) in [6, 6.07) is 12.5. The highest BCUT2D eigenvalue weighted by molar-refractivity contribution is 8.00. The predicted molar refractivity (Wildman–Crippen MR) is 112 cm³/mol. The van der Waals surface area contributed by atoms with Crippen molar-refractivity contribution in [2.75, 3.05) is 6.54 Å². The Hall–Kier alpha value is -2.78. The summed E-state index contributed by atoms with van der Waals surface area (Å²) in [5.74, 6) is -0.728. The maximum atomic E-state index is 14.2. The average molecular weight is 445 g/mol. The summed E-state index contributed by atoms with van der Waals surface area (Å²) in [4.78, 5) is 15.9. The number of carbonyl (C=O) groups is 1. The monoisotopic (exact) mass is 444 g/mol. The molecule has 1 saturated heterocycles. The fraction of sp³-hybridized carbons (Fsp3) is 0.318. The van der Waals surface area contributed by atoms with Gasteiger partial charge in [0, 0.05) is 28.8 Å². The van der Waals surface area contributed by atoms with Crippen LogP contribution in [-0.4, -0.2) is 39.0 Å². The largest absolute Gasteiger partial charge is 0.349 e. The lowest BCUT2D eigenvalue weighted by Crippen LogP contribution is -2.42. The molecule has 2 atom stereocenters. The van der Waals surface area contributed by atoms with Gasteiger partial charge in [-0.1, -0.05) is 28.5 Å². The minimum absolute atomic E-state index is 0.114. The van der Waals surface area contributed by atoms with Crippen molar-refractivity contribution in [2.45, 2.75) is 42.6 Å². The molecule has 1 aliphatic heterocycles. The minimum atomic E-state index is -0.419. The van der Waals surface area contributed by atoms with Crippen LogP contribution in [0, 0.1) is 18.6 Å². The Morgan fingerprint density at radius 1 is 1.19 bits per heavy atom. The predicted octanol–water partition coefficient (Wildman–Crippen LogP) is 3.71. The van der Waals surface area contributed by atoms with E-state index in [1.165, 1.54) is 18.2 Å². The van der Waals surface area contributed by atoms with Crippen LogP contribution in [0.25, 0.3) is 0 Å². The van der Waals surface area contributed by atoms with Crippen molar-refractivity contribution in [3.05, 3.63) is 77.1 Å². The first-order valence-electron chi connectivity index (χ1n) is 9.95. The van der Waals surface area contributed by atoms with Crippen LogP contribution in [0.1, 0.15) is 23.4 Å². The second-order valence-electron chi connectivity index (χ2n) is 7.48. The smallest absolute Gasteiger partial charge is 0.237 e. The van der Waals surface area contributed by atoms with E-state index >= 15 is 0 Å². The molecule has 2 heterocycles. The molecule has 0 radical (unpaired) electrons. The zero-order chi connectivity index (χ0) is 21.8. The number of nitrogens with one attached hydrogen (secondary N) is 1. The minimum Gasteiger partial charge on any atom is -0.349 e. The Morgan fingerprint density at radius 2 is 1.97 bits per heavy atom. The lowest BCUT2D eigenvalue weighted by atomic mass is 10.1. The number of hydrogen-bond donors (Lipinski definition) is 1. The van der Waals surface area contributed by atoms with Crippen LogP contribution in [0.4, 0.5) is 8.78 Å². The quantitative estimate of drug-likeness (QED) is 0.599. The molecule has 4 rings (SSSR count). The number of rotatable bonds is 7. The molecule has 0 bridgehead atoms. The highest BCUT2D eigenvalue weighted by Crippen LogP contribution is 2.34. The van der Waals surface area contributed by atoms with Gasteiger partial charge in [0.2, 0.25) is 5.91 Å². The lowest BCUT2D eigenvalue weighted by molar-refractivity contribution is -0.125. The second kappa shape index (κ2) is 9.57. The van der Waals surface area contributed by atoms with Crippen LogP contribution in [0.5, 0.6) is 0 Å². The van der Waals surface area contributed by atoms with E-state index in [1.807, 2.05) is 4.90 Å². The van der Waals surface area contributed by atoms with Gasteiger partial charge in [0.15, 0.2) is 0 Å².